The standard InChI is InChI=1S/C10H13FN2/c1-7-5-13-10-3-2-9(11)4-8(10)6-12-7/h2-4,7,12-13H,5-6H2,1H3/t7-/m0/s1. The molecule has 0 saturated heterocycles. The van der Waals surface area contributed by atoms with Gasteiger partial charge in [-0.2, -0.15) is 0 Å². The maximum Gasteiger partial charge on any atom is 0.123 e. The molecule has 70 valence electrons. The van der Waals surface area contributed by atoms with Gasteiger partial charge in [0.1, 0.15) is 5.82 Å². The normalized spacial score (nSPS) is 21.5. The minimum atomic E-state index is -0.170. The van der Waals surface area contributed by atoms with Gasteiger partial charge in [0, 0.05) is 24.8 Å². The second-order valence-corrected chi connectivity index (χ2v) is 3.46. The molecule has 0 saturated carbocycles. The molecule has 1 aromatic rings. The van der Waals surface area contributed by atoms with Crippen LogP contribution in [0, 0.1) is 5.82 Å². The fourth-order valence-corrected chi connectivity index (χ4v) is 1.50. The Hall–Kier alpha value is -1.09. The number of nitrogens with one attached hydrogen (secondary N) is 2. The molecular formula is C10H13FN2. The average molecular weight is 180 g/mol. The van der Waals surface area contributed by atoms with Crippen LogP contribution in [0.1, 0.15) is 12.5 Å². The fraction of sp³-hybridized carbons (Fsp3) is 0.400. The van der Waals surface area contributed by atoms with E-state index in [0.717, 1.165) is 24.3 Å². The van der Waals surface area contributed by atoms with E-state index < -0.39 is 0 Å². The summed E-state index contributed by atoms with van der Waals surface area (Å²) in [6.45, 7) is 3.73. The first kappa shape index (κ1) is 8.51. The minimum Gasteiger partial charge on any atom is -0.383 e. The molecule has 13 heavy (non-hydrogen) atoms. The lowest BCUT2D eigenvalue weighted by Crippen LogP contribution is -2.29. The Morgan fingerprint density at radius 3 is 3.15 bits per heavy atom. The van der Waals surface area contributed by atoms with Crippen LogP contribution in [0.4, 0.5) is 10.1 Å². The first-order valence-corrected chi connectivity index (χ1v) is 4.51. The Kier molecular flexibility index (Phi) is 2.19. The van der Waals surface area contributed by atoms with Gasteiger partial charge in [-0.15, -0.1) is 0 Å². The number of hydrogen-bond donors (Lipinski definition) is 2. The van der Waals surface area contributed by atoms with Crippen molar-refractivity contribution in [2.45, 2.75) is 19.5 Å². The predicted molar refractivity (Wildman–Crippen MR) is 51.2 cm³/mol. The van der Waals surface area contributed by atoms with Gasteiger partial charge in [-0.3, -0.25) is 0 Å². The van der Waals surface area contributed by atoms with Crippen molar-refractivity contribution in [3.8, 4) is 0 Å². The van der Waals surface area contributed by atoms with Crippen LogP contribution in [0.15, 0.2) is 18.2 Å². The molecule has 0 fully saturated rings. The maximum absolute atomic E-state index is 12.9. The van der Waals surface area contributed by atoms with Crippen molar-refractivity contribution < 1.29 is 4.39 Å². The van der Waals surface area contributed by atoms with Crippen molar-refractivity contribution in [2.75, 3.05) is 11.9 Å². The zero-order chi connectivity index (χ0) is 9.26. The van der Waals surface area contributed by atoms with E-state index in [1.807, 2.05) is 0 Å². The summed E-state index contributed by atoms with van der Waals surface area (Å²) in [6.07, 6.45) is 0. The van der Waals surface area contributed by atoms with Crippen LogP contribution in [0.2, 0.25) is 0 Å². The number of halogens is 1. The lowest BCUT2D eigenvalue weighted by atomic mass is 10.2. The molecule has 2 nitrogen and oxygen atoms in total. The van der Waals surface area contributed by atoms with E-state index in [1.165, 1.54) is 6.07 Å². The quantitative estimate of drug-likeness (QED) is 0.635. The molecule has 0 radical (unpaired) electrons. The van der Waals surface area contributed by atoms with Crippen LogP contribution in [-0.2, 0) is 6.54 Å². The monoisotopic (exact) mass is 180 g/mol. The van der Waals surface area contributed by atoms with Crippen LogP contribution >= 0.6 is 0 Å². The van der Waals surface area contributed by atoms with Crippen LogP contribution in [0.25, 0.3) is 0 Å². The number of fused-ring (bicyclic) bond motifs is 1. The van der Waals surface area contributed by atoms with Gasteiger partial charge in [-0.25, -0.2) is 4.39 Å². The Morgan fingerprint density at radius 1 is 1.46 bits per heavy atom. The average Bonchev–Trinajstić information content (AvgIpc) is 2.29. The topological polar surface area (TPSA) is 24.1 Å². The molecule has 3 heteroatoms. The van der Waals surface area contributed by atoms with E-state index in [1.54, 1.807) is 12.1 Å². The number of benzene rings is 1. The van der Waals surface area contributed by atoms with Gasteiger partial charge in [0.25, 0.3) is 0 Å². The molecule has 0 amide bonds. The molecule has 0 aliphatic carbocycles. The Labute approximate surface area is 77.2 Å². The molecule has 0 bridgehead atoms. The Bertz CT molecular complexity index is 312. The second kappa shape index (κ2) is 3.34. The summed E-state index contributed by atoms with van der Waals surface area (Å²) in [5.41, 5.74) is 2.04. The summed E-state index contributed by atoms with van der Waals surface area (Å²) in [5, 5.41) is 6.57. The highest BCUT2D eigenvalue weighted by Gasteiger charge is 2.11. The highest BCUT2D eigenvalue weighted by molar-refractivity contribution is 5.52. The molecule has 2 rings (SSSR count). The summed E-state index contributed by atoms with van der Waals surface area (Å²) in [4.78, 5) is 0. The number of hydrogen-bond acceptors (Lipinski definition) is 2. The highest BCUT2D eigenvalue weighted by atomic mass is 19.1. The third-order valence-corrected chi connectivity index (χ3v) is 2.31. The van der Waals surface area contributed by atoms with Gasteiger partial charge in [-0.1, -0.05) is 0 Å². The molecule has 0 spiro atoms. The maximum atomic E-state index is 12.9. The van der Waals surface area contributed by atoms with Gasteiger partial charge < -0.3 is 10.6 Å². The SMILES string of the molecule is C[C@H]1CNc2ccc(F)cc2CN1. The second-order valence-electron chi connectivity index (χ2n) is 3.46. The van der Waals surface area contributed by atoms with Crippen LogP contribution in [-0.4, -0.2) is 12.6 Å². The largest absolute Gasteiger partial charge is 0.383 e. The van der Waals surface area contributed by atoms with Crippen LogP contribution in [0.5, 0.6) is 0 Å². The van der Waals surface area contributed by atoms with Crippen molar-refractivity contribution in [3.05, 3.63) is 29.6 Å². The molecule has 1 heterocycles. The number of anilines is 1. The van der Waals surface area contributed by atoms with Gasteiger partial charge in [0.15, 0.2) is 0 Å². The third kappa shape index (κ3) is 1.80. The molecular weight excluding hydrogens is 167 g/mol. The van der Waals surface area contributed by atoms with Gasteiger partial charge >= 0.3 is 0 Å². The summed E-state index contributed by atoms with van der Waals surface area (Å²) in [7, 11) is 0. The number of rotatable bonds is 0. The zero-order valence-corrected chi connectivity index (χ0v) is 7.60. The van der Waals surface area contributed by atoms with Gasteiger partial charge in [-0.05, 0) is 30.7 Å². The van der Waals surface area contributed by atoms with Crippen LogP contribution in [0.3, 0.4) is 0 Å². The first-order chi connectivity index (χ1) is 6.25. The predicted octanol–water partition coefficient (Wildman–Crippen LogP) is 1.73. The summed E-state index contributed by atoms with van der Waals surface area (Å²) in [5.74, 6) is -0.170. The van der Waals surface area contributed by atoms with Gasteiger partial charge in [0.2, 0.25) is 0 Å². The lowest BCUT2D eigenvalue weighted by molar-refractivity contribution is 0.577. The van der Waals surface area contributed by atoms with Crippen molar-refractivity contribution >= 4 is 5.69 Å². The van der Waals surface area contributed by atoms with Crippen molar-refractivity contribution in [2.24, 2.45) is 0 Å². The smallest absolute Gasteiger partial charge is 0.123 e. The van der Waals surface area contributed by atoms with Crippen LogP contribution < -0.4 is 10.6 Å². The fourth-order valence-electron chi connectivity index (χ4n) is 1.50. The minimum absolute atomic E-state index is 0.170. The Morgan fingerprint density at radius 2 is 2.31 bits per heavy atom. The van der Waals surface area contributed by atoms with Crippen molar-refractivity contribution in [1.29, 1.82) is 0 Å². The third-order valence-electron chi connectivity index (χ3n) is 2.31. The first-order valence-electron chi connectivity index (χ1n) is 4.51. The van der Waals surface area contributed by atoms with E-state index in [9.17, 15) is 4.39 Å². The summed E-state index contributed by atoms with van der Waals surface area (Å²) >= 11 is 0. The molecule has 0 aromatic heterocycles. The van der Waals surface area contributed by atoms with Gasteiger partial charge in [0.05, 0.1) is 0 Å². The molecule has 0 unspecified atom stereocenters. The molecule has 1 aromatic carbocycles. The summed E-state index contributed by atoms with van der Waals surface area (Å²) < 4.78 is 12.9. The van der Waals surface area contributed by atoms with Crippen molar-refractivity contribution in [3.63, 3.8) is 0 Å². The van der Waals surface area contributed by atoms with E-state index in [2.05, 4.69) is 17.6 Å². The lowest BCUT2D eigenvalue weighted by Gasteiger charge is -2.08. The zero-order valence-electron chi connectivity index (χ0n) is 7.60. The molecule has 1 atom stereocenters. The van der Waals surface area contributed by atoms with E-state index in [0.29, 0.717) is 6.04 Å². The molecule has 2 N–H and O–H groups in total. The Balaban J connectivity index is 2.30. The molecule has 1 aliphatic rings. The summed E-state index contributed by atoms with van der Waals surface area (Å²) in [6, 6.07) is 5.29. The van der Waals surface area contributed by atoms with E-state index >= 15 is 0 Å². The highest BCUT2D eigenvalue weighted by Crippen LogP contribution is 2.18. The van der Waals surface area contributed by atoms with E-state index in [4.69, 9.17) is 0 Å². The van der Waals surface area contributed by atoms with E-state index in [-0.39, 0.29) is 5.82 Å². The molecule has 1 aliphatic heterocycles. The van der Waals surface area contributed by atoms with Crippen molar-refractivity contribution in [1.82, 2.24) is 5.32 Å².